The van der Waals surface area contributed by atoms with E-state index in [4.69, 9.17) is 9.47 Å². The number of aliphatic hydroxyl groups is 1. The highest BCUT2D eigenvalue weighted by atomic mass is 16.7. The number of hydrogen-bond acceptors (Lipinski definition) is 6. The SMILES string of the molecule is CC(=O)NCCCCCC(=O)NCc1cccc(-c2cccc([C@H]3O[C@@H](CN(Cc4ccccc4)Cc4ccccc4)C[C@@H](c4ccc(CO)cc4)O3)c2)c1. The zero-order chi connectivity index (χ0) is 38.2. The van der Waals surface area contributed by atoms with E-state index in [9.17, 15) is 14.7 Å². The molecule has 286 valence electrons. The lowest BCUT2D eigenvalue weighted by molar-refractivity contribution is -0.253. The number of amides is 2. The highest BCUT2D eigenvalue weighted by molar-refractivity contribution is 5.76. The average molecular weight is 740 g/mol. The minimum atomic E-state index is -0.586. The van der Waals surface area contributed by atoms with Crippen molar-refractivity contribution in [2.45, 2.75) is 83.8 Å². The monoisotopic (exact) mass is 739 g/mol. The molecule has 55 heavy (non-hydrogen) atoms. The first-order valence-electron chi connectivity index (χ1n) is 19.4. The molecule has 5 aromatic carbocycles. The zero-order valence-electron chi connectivity index (χ0n) is 31.7. The molecule has 1 saturated heterocycles. The van der Waals surface area contributed by atoms with E-state index in [1.165, 1.54) is 18.1 Å². The van der Waals surface area contributed by atoms with Crippen LogP contribution in [0.2, 0.25) is 0 Å². The van der Waals surface area contributed by atoms with Crippen LogP contribution in [0, 0.1) is 0 Å². The average Bonchev–Trinajstić information content (AvgIpc) is 3.22. The van der Waals surface area contributed by atoms with Gasteiger partial charge in [-0.05, 0) is 63.9 Å². The molecule has 1 aliphatic heterocycles. The Hall–Kier alpha value is -5.12. The predicted molar refractivity (Wildman–Crippen MR) is 216 cm³/mol. The lowest BCUT2D eigenvalue weighted by atomic mass is 9.98. The molecule has 1 aliphatic rings. The molecule has 0 saturated carbocycles. The first-order chi connectivity index (χ1) is 26.9. The molecule has 0 aromatic heterocycles. The third kappa shape index (κ3) is 12.5. The van der Waals surface area contributed by atoms with Crippen LogP contribution in [-0.2, 0) is 45.3 Å². The molecule has 3 atom stereocenters. The summed E-state index contributed by atoms with van der Waals surface area (Å²) in [4.78, 5) is 26.0. The Morgan fingerprint density at radius 1 is 0.673 bits per heavy atom. The van der Waals surface area contributed by atoms with Gasteiger partial charge in [-0.25, -0.2) is 0 Å². The van der Waals surface area contributed by atoms with Crippen molar-refractivity contribution in [2.24, 2.45) is 0 Å². The Kier molecular flexibility index (Phi) is 14.8. The summed E-state index contributed by atoms with van der Waals surface area (Å²) in [6, 6.07) is 45.8. The predicted octanol–water partition coefficient (Wildman–Crippen LogP) is 8.41. The van der Waals surface area contributed by atoms with Gasteiger partial charge in [-0.1, -0.05) is 128 Å². The minimum absolute atomic E-state index is 0.00339. The Bertz CT molecular complexity index is 1890. The van der Waals surface area contributed by atoms with E-state index < -0.39 is 6.29 Å². The molecule has 8 heteroatoms. The van der Waals surface area contributed by atoms with Gasteiger partial charge in [-0.2, -0.15) is 0 Å². The largest absolute Gasteiger partial charge is 0.392 e. The highest BCUT2D eigenvalue weighted by Gasteiger charge is 2.33. The molecule has 8 nitrogen and oxygen atoms in total. The second kappa shape index (κ2) is 20.5. The fourth-order valence-electron chi connectivity index (χ4n) is 7.06. The number of carbonyl (C=O) groups is 2. The third-order valence-electron chi connectivity index (χ3n) is 9.94. The van der Waals surface area contributed by atoms with Crippen LogP contribution in [0.4, 0.5) is 0 Å². The van der Waals surface area contributed by atoms with Gasteiger partial charge in [-0.15, -0.1) is 0 Å². The van der Waals surface area contributed by atoms with Gasteiger partial charge in [0.1, 0.15) is 0 Å². The molecular weight excluding hydrogens is 687 g/mol. The lowest BCUT2D eigenvalue weighted by Crippen LogP contribution is -2.39. The summed E-state index contributed by atoms with van der Waals surface area (Å²) in [6.07, 6.45) is 2.82. The number of unbranched alkanes of at least 4 members (excludes halogenated alkanes) is 2. The normalized spacial score (nSPS) is 16.8. The molecule has 0 spiro atoms. The van der Waals surface area contributed by atoms with E-state index in [2.05, 4.69) is 119 Å². The quantitative estimate of drug-likeness (QED) is 0.0781. The number of hydrogen-bond donors (Lipinski definition) is 3. The van der Waals surface area contributed by atoms with Crippen LogP contribution in [0.25, 0.3) is 11.1 Å². The van der Waals surface area contributed by atoms with Gasteiger partial charge < -0.3 is 25.2 Å². The van der Waals surface area contributed by atoms with Crippen LogP contribution in [0.1, 0.15) is 84.8 Å². The molecular formula is C47H53N3O5. The molecule has 1 fully saturated rings. The van der Waals surface area contributed by atoms with Crippen LogP contribution < -0.4 is 10.6 Å². The maximum Gasteiger partial charge on any atom is 0.220 e. The number of rotatable bonds is 18. The van der Waals surface area contributed by atoms with Crippen LogP contribution in [0.3, 0.4) is 0 Å². The molecule has 1 heterocycles. The zero-order valence-corrected chi connectivity index (χ0v) is 31.7. The van der Waals surface area contributed by atoms with Gasteiger partial charge in [0.15, 0.2) is 6.29 Å². The molecule has 0 unspecified atom stereocenters. The topological polar surface area (TPSA) is 100 Å². The number of ether oxygens (including phenoxy) is 2. The van der Waals surface area contributed by atoms with Crippen LogP contribution in [-0.4, -0.2) is 41.0 Å². The fraction of sp³-hybridized carbons (Fsp3) is 0.319. The molecule has 3 N–H and O–H groups in total. The number of nitrogens with one attached hydrogen (secondary N) is 2. The summed E-state index contributed by atoms with van der Waals surface area (Å²) >= 11 is 0. The molecule has 2 amide bonds. The van der Waals surface area contributed by atoms with Gasteiger partial charge in [0.25, 0.3) is 0 Å². The summed E-state index contributed by atoms with van der Waals surface area (Å²) in [7, 11) is 0. The maximum absolute atomic E-state index is 12.5. The van der Waals surface area contributed by atoms with E-state index in [1.807, 2.05) is 30.3 Å². The maximum atomic E-state index is 12.5. The third-order valence-corrected chi connectivity index (χ3v) is 9.94. The minimum Gasteiger partial charge on any atom is -0.392 e. The van der Waals surface area contributed by atoms with Crippen molar-refractivity contribution < 1.29 is 24.2 Å². The van der Waals surface area contributed by atoms with Crippen molar-refractivity contribution in [3.05, 3.63) is 167 Å². The molecule has 6 rings (SSSR count). The Balaban J connectivity index is 1.16. The standard InChI is InChI=1S/C47H53N3O5/c1-35(52)48-26-10-4-9-21-46(53)49-30-39-17-11-18-41(27-39)42-19-12-20-43(28-42)47-54-44(29-45(55-47)40-24-22-38(34-51)23-25-40)33-50(31-36-13-5-2-6-14-36)32-37-15-7-3-8-16-37/h2-3,5-8,11-20,22-25,27-28,44-45,47,51H,4,9-10,21,26,29-34H2,1H3,(H,48,52)(H,49,53)/t44-,45+,47+/m1/s1. The van der Waals surface area contributed by atoms with E-state index in [1.54, 1.807) is 0 Å². The lowest BCUT2D eigenvalue weighted by Gasteiger charge is -2.38. The van der Waals surface area contributed by atoms with Gasteiger partial charge in [0.05, 0.1) is 18.8 Å². The van der Waals surface area contributed by atoms with E-state index in [0.717, 1.165) is 72.3 Å². The number of aliphatic hydroxyl groups excluding tert-OH is 1. The van der Waals surface area contributed by atoms with Crippen molar-refractivity contribution in [3.63, 3.8) is 0 Å². The summed E-state index contributed by atoms with van der Waals surface area (Å²) in [6.45, 7) is 4.92. The van der Waals surface area contributed by atoms with Crippen molar-refractivity contribution in [1.29, 1.82) is 0 Å². The van der Waals surface area contributed by atoms with Crippen molar-refractivity contribution in [2.75, 3.05) is 13.1 Å². The first kappa shape index (κ1) is 39.6. The van der Waals surface area contributed by atoms with Gasteiger partial charge in [0.2, 0.25) is 11.8 Å². The second-order valence-electron chi connectivity index (χ2n) is 14.4. The van der Waals surface area contributed by atoms with Crippen LogP contribution in [0.15, 0.2) is 133 Å². The Morgan fingerprint density at radius 2 is 1.33 bits per heavy atom. The van der Waals surface area contributed by atoms with E-state index in [0.29, 0.717) is 25.9 Å². The highest BCUT2D eigenvalue weighted by Crippen LogP contribution is 2.39. The summed E-state index contributed by atoms with van der Waals surface area (Å²) in [5, 5.41) is 15.5. The van der Waals surface area contributed by atoms with Crippen LogP contribution in [0.5, 0.6) is 0 Å². The van der Waals surface area contributed by atoms with Crippen LogP contribution >= 0.6 is 0 Å². The van der Waals surface area contributed by atoms with Gasteiger partial charge in [-0.3, -0.25) is 14.5 Å². The van der Waals surface area contributed by atoms with E-state index in [-0.39, 0.29) is 30.6 Å². The fourth-order valence-corrected chi connectivity index (χ4v) is 7.06. The number of carbonyl (C=O) groups excluding carboxylic acids is 2. The van der Waals surface area contributed by atoms with Gasteiger partial charge in [0, 0.05) is 58.1 Å². The molecule has 0 radical (unpaired) electrons. The molecule has 5 aromatic rings. The molecule has 0 aliphatic carbocycles. The van der Waals surface area contributed by atoms with Crippen molar-refractivity contribution in [1.82, 2.24) is 15.5 Å². The first-order valence-corrected chi connectivity index (χ1v) is 19.4. The number of nitrogens with zero attached hydrogens (tertiary/aromatic N) is 1. The Morgan fingerprint density at radius 3 is 2.00 bits per heavy atom. The number of benzene rings is 5. The summed E-state index contributed by atoms with van der Waals surface area (Å²) in [5.41, 5.74) is 8.48. The summed E-state index contributed by atoms with van der Waals surface area (Å²) in [5.74, 6) is 0.00213. The Labute approximate surface area is 325 Å². The second-order valence-corrected chi connectivity index (χ2v) is 14.4. The van der Waals surface area contributed by atoms with Crippen molar-refractivity contribution >= 4 is 11.8 Å². The van der Waals surface area contributed by atoms with Gasteiger partial charge >= 0.3 is 0 Å². The van der Waals surface area contributed by atoms with E-state index >= 15 is 0 Å². The smallest absolute Gasteiger partial charge is 0.220 e. The summed E-state index contributed by atoms with van der Waals surface area (Å²) < 4.78 is 13.6. The van der Waals surface area contributed by atoms with Crippen molar-refractivity contribution in [3.8, 4) is 11.1 Å². The molecule has 0 bridgehead atoms.